The molecular formula is C14H23N5O. The zero-order valence-electron chi connectivity index (χ0n) is 12.2. The predicted molar refractivity (Wildman–Crippen MR) is 80.3 cm³/mol. The van der Waals surface area contributed by atoms with Gasteiger partial charge in [0, 0.05) is 44.0 Å². The molecule has 1 aromatic rings. The number of amidine groups is 1. The van der Waals surface area contributed by atoms with E-state index in [-0.39, 0.29) is 5.84 Å². The highest BCUT2D eigenvalue weighted by atomic mass is 16.4. The van der Waals surface area contributed by atoms with Gasteiger partial charge in [0.05, 0.1) is 0 Å². The molecule has 1 fully saturated rings. The average molecular weight is 277 g/mol. The van der Waals surface area contributed by atoms with E-state index < -0.39 is 0 Å². The average Bonchev–Trinajstić information content (AvgIpc) is 2.53. The van der Waals surface area contributed by atoms with Crippen molar-refractivity contribution in [2.45, 2.75) is 26.3 Å². The van der Waals surface area contributed by atoms with E-state index in [0.29, 0.717) is 11.6 Å². The Balaban J connectivity index is 2.04. The number of anilines is 1. The number of hydrogen-bond acceptors (Lipinski definition) is 5. The van der Waals surface area contributed by atoms with Gasteiger partial charge in [0.2, 0.25) is 0 Å². The summed E-state index contributed by atoms with van der Waals surface area (Å²) in [5.74, 6) is 1.00. The third-order valence-corrected chi connectivity index (χ3v) is 4.00. The van der Waals surface area contributed by atoms with Crippen molar-refractivity contribution in [3.05, 3.63) is 23.9 Å². The van der Waals surface area contributed by atoms with Crippen LogP contribution in [0.15, 0.2) is 23.5 Å². The summed E-state index contributed by atoms with van der Waals surface area (Å²) in [6.07, 6.45) is 2.88. The third-order valence-electron chi connectivity index (χ3n) is 4.00. The van der Waals surface area contributed by atoms with E-state index in [0.717, 1.165) is 32.0 Å². The summed E-state index contributed by atoms with van der Waals surface area (Å²) >= 11 is 0. The van der Waals surface area contributed by atoms with E-state index in [1.54, 1.807) is 12.3 Å². The highest BCUT2D eigenvalue weighted by Crippen LogP contribution is 2.16. The molecule has 6 heteroatoms. The van der Waals surface area contributed by atoms with E-state index >= 15 is 0 Å². The number of piperazine rings is 1. The normalized spacial score (nSPS) is 19.1. The van der Waals surface area contributed by atoms with Crippen molar-refractivity contribution >= 4 is 11.7 Å². The molecule has 2 heterocycles. The summed E-state index contributed by atoms with van der Waals surface area (Å²) in [4.78, 5) is 9.13. The first-order chi connectivity index (χ1) is 9.65. The SMILES string of the molecule is CCC(C)N1CCN(c2cc(C(N)=NO)ccn2)CC1. The summed E-state index contributed by atoms with van der Waals surface area (Å²) in [6.45, 7) is 8.49. The van der Waals surface area contributed by atoms with Gasteiger partial charge in [-0.1, -0.05) is 12.1 Å². The van der Waals surface area contributed by atoms with Crippen LogP contribution < -0.4 is 10.6 Å². The lowest BCUT2D eigenvalue weighted by Crippen LogP contribution is -2.49. The summed E-state index contributed by atoms with van der Waals surface area (Å²) in [6, 6.07) is 4.25. The molecule has 2 rings (SSSR count). The number of oxime groups is 1. The van der Waals surface area contributed by atoms with Crippen molar-refractivity contribution in [3.8, 4) is 0 Å². The number of rotatable bonds is 4. The van der Waals surface area contributed by atoms with Crippen LogP contribution >= 0.6 is 0 Å². The van der Waals surface area contributed by atoms with Gasteiger partial charge in [-0.3, -0.25) is 4.90 Å². The molecule has 1 unspecified atom stereocenters. The summed E-state index contributed by atoms with van der Waals surface area (Å²) < 4.78 is 0. The second-order valence-electron chi connectivity index (χ2n) is 5.17. The van der Waals surface area contributed by atoms with Gasteiger partial charge in [-0.25, -0.2) is 4.98 Å². The lowest BCUT2D eigenvalue weighted by Gasteiger charge is -2.38. The molecule has 0 saturated carbocycles. The maximum absolute atomic E-state index is 8.73. The largest absolute Gasteiger partial charge is 0.409 e. The Morgan fingerprint density at radius 3 is 2.75 bits per heavy atom. The van der Waals surface area contributed by atoms with Gasteiger partial charge in [0.15, 0.2) is 5.84 Å². The Kier molecular flexibility index (Phi) is 4.79. The van der Waals surface area contributed by atoms with Crippen molar-refractivity contribution in [2.24, 2.45) is 10.9 Å². The Morgan fingerprint density at radius 1 is 1.45 bits per heavy atom. The Bertz CT molecular complexity index is 468. The molecule has 20 heavy (non-hydrogen) atoms. The molecule has 1 saturated heterocycles. The summed E-state index contributed by atoms with van der Waals surface area (Å²) in [5, 5.41) is 11.8. The minimum Gasteiger partial charge on any atom is -0.409 e. The molecule has 0 aromatic carbocycles. The lowest BCUT2D eigenvalue weighted by molar-refractivity contribution is 0.192. The molecule has 0 aliphatic carbocycles. The first-order valence-electron chi connectivity index (χ1n) is 7.08. The first-order valence-corrected chi connectivity index (χ1v) is 7.08. The third kappa shape index (κ3) is 3.19. The predicted octanol–water partition coefficient (Wildman–Crippen LogP) is 1.10. The second-order valence-corrected chi connectivity index (χ2v) is 5.17. The van der Waals surface area contributed by atoms with E-state index in [1.165, 1.54) is 6.42 Å². The van der Waals surface area contributed by atoms with E-state index in [1.807, 2.05) is 6.07 Å². The van der Waals surface area contributed by atoms with Gasteiger partial charge in [-0.15, -0.1) is 0 Å². The topological polar surface area (TPSA) is 78.0 Å². The molecule has 0 amide bonds. The van der Waals surface area contributed by atoms with Crippen LogP contribution in [0.4, 0.5) is 5.82 Å². The van der Waals surface area contributed by atoms with Gasteiger partial charge in [0.1, 0.15) is 5.82 Å². The molecular weight excluding hydrogens is 254 g/mol. The van der Waals surface area contributed by atoms with Gasteiger partial charge in [-0.2, -0.15) is 0 Å². The summed E-state index contributed by atoms with van der Waals surface area (Å²) in [7, 11) is 0. The Labute approximate surface area is 119 Å². The van der Waals surface area contributed by atoms with Crippen LogP contribution in [0, 0.1) is 0 Å². The molecule has 0 radical (unpaired) electrons. The minimum atomic E-state index is 0.117. The fraction of sp³-hybridized carbons (Fsp3) is 0.571. The van der Waals surface area contributed by atoms with Crippen LogP contribution in [-0.2, 0) is 0 Å². The molecule has 1 aliphatic heterocycles. The fourth-order valence-electron chi connectivity index (χ4n) is 2.46. The van der Waals surface area contributed by atoms with Gasteiger partial charge >= 0.3 is 0 Å². The zero-order valence-corrected chi connectivity index (χ0v) is 12.2. The maximum atomic E-state index is 8.73. The smallest absolute Gasteiger partial charge is 0.170 e. The van der Waals surface area contributed by atoms with Crippen molar-refractivity contribution in [2.75, 3.05) is 31.1 Å². The second kappa shape index (κ2) is 6.56. The van der Waals surface area contributed by atoms with Crippen LogP contribution in [-0.4, -0.2) is 53.1 Å². The molecule has 1 atom stereocenters. The number of hydrogen-bond donors (Lipinski definition) is 2. The number of nitrogens with two attached hydrogens (primary N) is 1. The van der Waals surface area contributed by atoms with E-state index in [9.17, 15) is 0 Å². The van der Waals surface area contributed by atoms with Crippen molar-refractivity contribution in [1.29, 1.82) is 0 Å². The molecule has 1 aromatic heterocycles. The molecule has 110 valence electrons. The Morgan fingerprint density at radius 2 is 2.15 bits per heavy atom. The highest BCUT2D eigenvalue weighted by molar-refractivity contribution is 5.97. The molecule has 6 nitrogen and oxygen atoms in total. The highest BCUT2D eigenvalue weighted by Gasteiger charge is 2.21. The van der Waals surface area contributed by atoms with Crippen LogP contribution in [0.3, 0.4) is 0 Å². The van der Waals surface area contributed by atoms with Crippen molar-refractivity contribution in [1.82, 2.24) is 9.88 Å². The minimum absolute atomic E-state index is 0.117. The van der Waals surface area contributed by atoms with Crippen LogP contribution in [0.25, 0.3) is 0 Å². The molecule has 3 N–H and O–H groups in total. The maximum Gasteiger partial charge on any atom is 0.170 e. The van der Waals surface area contributed by atoms with E-state index in [4.69, 9.17) is 10.9 Å². The molecule has 1 aliphatic rings. The van der Waals surface area contributed by atoms with Gasteiger partial charge in [0.25, 0.3) is 0 Å². The first kappa shape index (κ1) is 14.6. The van der Waals surface area contributed by atoms with Gasteiger partial charge in [-0.05, 0) is 25.5 Å². The lowest BCUT2D eigenvalue weighted by atomic mass is 10.2. The Hall–Kier alpha value is -1.82. The van der Waals surface area contributed by atoms with Crippen LogP contribution in [0.1, 0.15) is 25.8 Å². The summed E-state index contributed by atoms with van der Waals surface area (Å²) in [5.41, 5.74) is 6.31. The van der Waals surface area contributed by atoms with Gasteiger partial charge < -0.3 is 15.8 Å². The monoisotopic (exact) mass is 277 g/mol. The van der Waals surface area contributed by atoms with Crippen LogP contribution in [0.2, 0.25) is 0 Å². The zero-order chi connectivity index (χ0) is 14.5. The number of aromatic nitrogens is 1. The standard InChI is InChI=1S/C14H23N5O/c1-3-11(2)18-6-8-19(9-7-18)13-10-12(4-5-16-13)14(15)17-20/h4-5,10-11,20H,3,6-9H2,1-2H3,(H2,15,17). The van der Waals surface area contributed by atoms with Crippen molar-refractivity contribution in [3.63, 3.8) is 0 Å². The number of nitrogens with zero attached hydrogens (tertiary/aromatic N) is 4. The molecule has 0 spiro atoms. The molecule has 0 bridgehead atoms. The fourth-order valence-corrected chi connectivity index (χ4v) is 2.46. The van der Waals surface area contributed by atoms with Crippen molar-refractivity contribution < 1.29 is 5.21 Å². The number of pyridine rings is 1. The quantitative estimate of drug-likeness (QED) is 0.373. The van der Waals surface area contributed by atoms with Crippen LogP contribution in [0.5, 0.6) is 0 Å². The van der Waals surface area contributed by atoms with E-state index in [2.05, 4.69) is 33.8 Å².